The number of likely N-dealkylation sites (N-methyl/N-ethyl adjacent to an activating group) is 1. The van der Waals surface area contributed by atoms with E-state index in [2.05, 4.69) is 0 Å². The number of phenols is 1. The van der Waals surface area contributed by atoms with Crippen molar-refractivity contribution in [3.05, 3.63) is 23.8 Å². The number of esters is 1. The van der Waals surface area contributed by atoms with Crippen molar-refractivity contribution in [1.29, 1.82) is 0 Å². The molecule has 0 spiro atoms. The lowest BCUT2D eigenvalue weighted by molar-refractivity contribution is 0.0478. The van der Waals surface area contributed by atoms with E-state index in [1.54, 1.807) is 6.07 Å². The maximum Gasteiger partial charge on any atom is 0.341 e. The molecule has 0 fully saturated rings. The zero-order chi connectivity index (χ0) is 12.1. The molecule has 1 aromatic carbocycles. The fraction of sp³-hybridized carbons (Fsp3) is 0.364. The van der Waals surface area contributed by atoms with E-state index in [-0.39, 0.29) is 30.3 Å². The van der Waals surface area contributed by atoms with Crippen molar-refractivity contribution in [3.63, 3.8) is 0 Å². The first-order chi connectivity index (χ1) is 7.50. The van der Waals surface area contributed by atoms with Crippen LogP contribution < -0.4 is 5.73 Å². The van der Waals surface area contributed by atoms with E-state index < -0.39 is 5.97 Å². The maximum atomic E-state index is 11.5. The van der Waals surface area contributed by atoms with Crippen LogP contribution in [0.25, 0.3) is 0 Å². The smallest absolute Gasteiger partial charge is 0.341 e. The quantitative estimate of drug-likeness (QED) is 0.627. The third-order valence-electron chi connectivity index (χ3n) is 2.01. The number of nitrogen functional groups attached to an aromatic ring is 1. The van der Waals surface area contributed by atoms with Gasteiger partial charge in [-0.15, -0.1) is 12.4 Å². The third kappa shape index (κ3) is 4.93. The fourth-order valence-corrected chi connectivity index (χ4v) is 1.12. The summed E-state index contributed by atoms with van der Waals surface area (Å²) in [7, 11) is 3.77. The number of aromatic hydroxyl groups is 1. The average molecular weight is 261 g/mol. The van der Waals surface area contributed by atoms with Gasteiger partial charge in [0.15, 0.2) is 0 Å². The SMILES string of the molecule is CN(C)CCOC(=O)c1ccc(N)cc1O.Cl. The minimum atomic E-state index is -0.542. The molecule has 96 valence electrons. The van der Waals surface area contributed by atoms with Gasteiger partial charge in [0.2, 0.25) is 0 Å². The second kappa shape index (κ2) is 6.98. The summed E-state index contributed by atoms with van der Waals surface area (Å²) in [5.41, 5.74) is 5.99. The Hall–Kier alpha value is -1.46. The van der Waals surface area contributed by atoms with Gasteiger partial charge in [0.1, 0.15) is 17.9 Å². The number of phenolic OH excluding ortho intramolecular Hbond substituents is 1. The summed E-state index contributed by atoms with van der Waals surface area (Å²) in [6.45, 7) is 0.928. The first-order valence-corrected chi connectivity index (χ1v) is 4.91. The highest BCUT2D eigenvalue weighted by molar-refractivity contribution is 5.92. The molecule has 0 aliphatic heterocycles. The van der Waals surface area contributed by atoms with Crippen molar-refractivity contribution in [1.82, 2.24) is 4.90 Å². The van der Waals surface area contributed by atoms with Crippen LogP contribution in [0.3, 0.4) is 0 Å². The zero-order valence-electron chi connectivity index (χ0n) is 9.84. The molecule has 0 radical (unpaired) electrons. The van der Waals surface area contributed by atoms with Crippen LogP contribution in [0.4, 0.5) is 5.69 Å². The molecule has 1 aromatic rings. The van der Waals surface area contributed by atoms with Crippen LogP contribution in [0, 0.1) is 0 Å². The fourth-order valence-electron chi connectivity index (χ4n) is 1.12. The molecule has 1 rings (SSSR count). The Kier molecular flexibility index (Phi) is 6.38. The molecule has 0 aliphatic rings. The summed E-state index contributed by atoms with van der Waals surface area (Å²) in [5.74, 6) is -0.700. The molecule has 0 aromatic heterocycles. The van der Waals surface area contributed by atoms with Gasteiger partial charge >= 0.3 is 5.97 Å². The van der Waals surface area contributed by atoms with E-state index in [1.807, 2.05) is 19.0 Å². The Morgan fingerprint density at radius 3 is 2.65 bits per heavy atom. The van der Waals surface area contributed by atoms with Crippen molar-refractivity contribution in [2.75, 3.05) is 33.0 Å². The van der Waals surface area contributed by atoms with E-state index in [0.717, 1.165) is 0 Å². The lowest BCUT2D eigenvalue weighted by atomic mass is 10.2. The van der Waals surface area contributed by atoms with Gasteiger partial charge in [-0.25, -0.2) is 4.79 Å². The number of rotatable bonds is 4. The minimum absolute atomic E-state index is 0. The molecule has 0 atom stereocenters. The Morgan fingerprint density at radius 2 is 2.12 bits per heavy atom. The van der Waals surface area contributed by atoms with Crippen LogP contribution in [0.5, 0.6) is 5.75 Å². The number of anilines is 1. The predicted octanol–water partition coefficient (Wildman–Crippen LogP) is 1.11. The van der Waals surface area contributed by atoms with Crippen LogP contribution in [0.2, 0.25) is 0 Å². The molecule has 6 heteroatoms. The molecule has 0 saturated heterocycles. The topological polar surface area (TPSA) is 75.8 Å². The lowest BCUT2D eigenvalue weighted by Crippen LogP contribution is -2.20. The second-order valence-electron chi connectivity index (χ2n) is 3.72. The largest absolute Gasteiger partial charge is 0.507 e. The van der Waals surface area contributed by atoms with Crippen LogP contribution in [-0.2, 0) is 4.74 Å². The first kappa shape index (κ1) is 15.5. The summed E-state index contributed by atoms with van der Waals surface area (Å²) in [6, 6.07) is 4.31. The van der Waals surface area contributed by atoms with Gasteiger partial charge in [0.25, 0.3) is 0 Å². The van der Waals surface area contributed by atoms with E-state index >= 15 is 0 Å². The molecule has 0 amide bonds. The van der Waals surface area contributed by atoms with Crippen LogP contribution in [0.15, 0.2) is 18.2 Å². The van der Waals surface area contributed by atoms with Gasteiger partial charge in [-0.05, 0) is 26.2 Å². The number of carbonyl (C=O) groups excluding carboxylic acids is 1. The molecule has 0 unspecified atom stereocenters. The Balaban J connectivity index is 0.00000256. The highest BCUT2D eigenvalue weighted by Crippen LogP contribution is 2.20. The lowest BCUT2D eigenvalue weighted by Gasteiger charge is -2.10. The molecule has 3 N–H and O–H groups in total. The van der Waals surface area contributed by atoms with Gasteiger partial charge in [0, 0.05) is 18.3 Å². The van der Waals surface area contributed by atoms with Gasteiger partial charge in [-0.2, -0.15) is 0 Å². The number of benzene rings is 1. The van der Waals surface area contributed by atoms with Crippen LogP contribution in [-0.4, -0.2) is 43.2 Å². The van der Waals surface area contributed by atoms with Gasteiger partial charge in [0.05, 0.1) is 0 Å². The maximum absolute atomic E-state index is 11.5. The molecule has 5 nitrogen and oxygen atoms in total. The highest BCUT2D eigenvalue weighted by atomic mass is 35.5. The molecular weight excluding hydrogens is 244 g/mol. The first-order valence-electron chi connectivity index (χ1n) is 4.91. The summed E-state index contributed by atoms with van der Waals surface area (Å²) in [4.78, 5) is 13.4. The third-order valence-corrected chi connectivity index (χ3v) is 2.01. The van der Waals surface area contributed by atoms with Crippen molar-refractivity contribution < 1.29 is 14.6 Å². The normalized spacial score (nSPS) is 9.82. The van der Waals surface area contributed by atoms with Crippen molar-refractivity contribution >= 4 is 24.1 Å². The number of nitrogens with zero attached hydrogens (tertiary/aromatic N) is 1. The van der Waals surface area contributed by atoms with Gasteiger partial charge in [-0.1, -0.05) is 0 Å². The zero-order valence-corrected chi connectivity index (χ0v) is 10.7. The number of hydrogen-bond donors (Lipinski definition) is 2. The van der Waals surface area contributed by atoms with Crippen LogP contribution >= 0.6 is 12.4 Å². The molecule has 0 saturated carbocycles. The predicted molar refractivity (Wildman–Crippen MR) is 68.6 cm³/mol. The number of halogens is 1. The summed E-state index contributed by atoms with van der Waals surface area (Å²) in [5, 5.41) is 9.48. The summed E-state index contributed by atoms with van der Waals surface area (Å²) >= 11 is 0. The standard InChI is InChI=1S/C11H16N2O3.ClH/c1-13(2)5-6-16-11(15)9-4-3-8(12)7-10(9)14;/h3-4,7,14H,5-6,12H2,1-2H3;1H. The Bertz CT molecular complexity index is 383. The molecule has 0 aliphatic carbocycles. The Labute approximate surface area is 107 Å². The molecule has 0 bridgehead atoms. The average Bonchev–Trinajstić information content (AvgIpc) is 2.16. The van der Waals surface area contributed by atoms with E-state index in [9.17, 15) is 9.90 Å². The van der Waals surface area contributed by atoms with E-state index in [1.165, 1.54) is 12.1 Å². The number of ether oxygens (including phenoxy) is 1. The number of nitrogens with two attached hydrogens (primary N) is 1. The van der Waals surface area contributed by atoms with Gasteiger partial charge < -0.3 is 20.5 Å². The molecule has 0 heterocycles. The number of hydrogen-bond acceptors (Lipinski definition) is 5. The molecule has 17 heavy (non-hydrogen) atoms. The minimum Gasteiger partial charge on any atom is -0.507 e. The van der Waals surface area contributed by atoms with E-state index in [0.29, 0.717) is 12.2 Å². The monoisotopic (exact) mass is 260 g/mol. The summed E-state index contributed by atoms with van der Waals surface area (Å²) in [6.07, 6.45) is 0. The van der Waals surface area contributed by atoms with Crippen molar-refractivity contribution in [2.24, 2.45) is 0 Å². The highest BCUT2D eigenvalue weighted by Gasteiger charge is 2.12. The summed E-state index contributed by atoms with van der Waals surface area (Å²) < 4.78 is 4.98. The Morgan fingerprint density at radius 1 is 1.47 bits per heavy atom. The van der Waals surface area contributed by atoms with Gasteiger partial charge in [-0.3, -0.25) is 0 Å². The van der Waals surface area contributed by atoms with Crippen LogP contribution in [0.1, 0.15) is 10.4 Å². The van der Waals surface area contributed by atoms with Crippen molar-refractivity contribution in [2.45, 2.75) is 0 Å². The number of carbonyl (C=O) groups is 1. The van der Waals surface area contributed by atoms with E-state index in [4.69, 9.17) is 10.5 Å². The second-order valence-corrected chi connectivity index (χ2v) is 3.72. The molecular formula is C11H17ClN2O3. The van der Waals surface area contributed by atoms with Crippen molar-refractivity contribution in [3.8, 4) is 5.75 Å².